The van der Waals surface area contributed by atoms with E-state index >= 15 is 0 Å². The SMILES string of the molecule is CC1CN(C)CC(CCN)N1c1ccccc1F. The molecule has 3 nitrogen and oxygen atoms in total. The fourth-order valence-corrected chi connectivity index (χ4v) is 2.94. The van der Waals surface area contributed by atoms with Crippen molar-refractivity contribution < 1.29 is 4.39 Å². The van der Waals surface area contributed by atoms with Gasteiger partial charge in [0.05, 0.1) is 5.69 Å². The summed E-state index contributed by atoms with van der Waals surface area (Å²) in [6.07, 6.45) is 0.892. The van der Waals surface area contributed by atoms with Crippen molar-refractivity contribution in [2.75, 3.05) is 31.6 Å². The molecule has 1 aromatic rings. The normalized spacial score (nSPS) is 25.4. The maximum absolute atomic E-state index is 14.0. The van der Waals surface area contributed by atoms with E-state index in [2.05, 4.69) is 23.8 Å². The highest BCUT2D eigenvalue weighted by Crippen LogP contribution is 2.27. The van der Waals surface area contributed by atoms with Crippen molar-refractivity contribution >= 4 is 5.69 Å². The number of benzene rings is 1. The Bertz CT molecular complexity index is 396. The number of anilines is 1. The Morgan fingerprint density at radius 3 is 2.72 bits per heavy atom. The van der Waals surface area contributed by atoms with E-state index in [1.54, 1.807) is 6.07 Å². The molecular weight excluding hydrogens is 229 g/mol. The number of likely N-dealkylation sites (N-methyl/N-ethyl adjacent to an activating group) is 1. The Morgan fingerprint density at radius 1 is 1.33 bits per heavy atom. The van der Waals surface area contributed by atoms with Gasteiger partial charge < -0.3 is 15.5 Å². The molecule has 4 heteroatoms. The molecule has 2 N–H and O–H groups in total. The second-order valence-corrected chi connectivity index (χ2v) is 5.16. The molecule has 2 rings (SSSR count). The zero-order valence-corrected chi connectivity index (χ0v) is 11.1. The van der Waals surface area contributed by atoms with E-state index in [0.29, 0.717) is 24.3 Å². The minimum atomic E-state index is -0.143. The Hall–Kier alpha value is -1.13. The summed E-state index contributed by atoms with van der Waals surface area (Å²) in [4.78, 5) is 4.49. The molecule has 1 saturated heterocycles. The van der Waals surface area contributed by atoms with Crippen molar-refractivity contribution in [1.29, 1.82) is 0 Å². The number of halogens is 1. The van der Waals surface area contributed by atoms with Crippen LogP contribution < -0.4 is 10.6 Å². The molecule has 0 bridgehead atoms. The lowest BCUT2D eigenvalue weighted by molar-refractivity contribution is 0.226. The summed E-state index contributed by atoms with van der Waals surface area (Å²) >= 11 is 0. The molecule has 0 saturated carbocycles. The predicted octanol–water partition coefficient (Wildman–Crippen LogP) is 1.68. The average Bonchev–Trinajstić information content (AvgIpc) is 2.31. The van der Waals surface area contributed by atoms with E-state index in [1.807, 2.05) is 12.1 Å². The van der Waals surface area contributed by atoms with E-state index in [1.165, 1.54) is 6.07 Å². The summed E-state index contributed by atoms with van der Waals surface area (Å²) in [5, 5.41) is 0. The van der Waals surface area contributed by atoms with Crippen molar-refractivity contribution in [1.82, 2.24) is 4.90 Å². The van der Waals surface area contributed by atoms with E-state index in [-0.39, 0.29) is 5.82 Å². The van der Waals surface area contributed by atoms with Crippen LogP contribution in [0, 0.1) is 5.82 Å². The highest BCUT2D eigenvalue weighted by Gasteiger charge is 2.31. The highest BCUT2D eigenvalue weighted by molar-refractivity contribution is 5.50. The van der Waals surface area contributed by atoms with Crippen LogP contribution in [0.4, 0.5) is 10.1 Å². The van der Waals surface area contributed by atoms with Crippen molar-refractivity contribution in [3.05, 3.63) is 30.1 Å². The number of para-hydroxylation sites is 1. The van der Waals surface area contributed by atoms with Gasteiger partial charge in [0.2, 0.25) is 0 Å². The molecule has 1 fully saturated rings. The lowest BCUT2D eigenvalue weighted by Crippen LogP contribution is -2.57. The lowest BCUT2D eigenvalue weighted by atomic mass is 10.0. The molecule has 0 radical (unpaired) electrons. The Balaban J connectivity index is 2.29. The minimum absolute atomic E-state index is 0.143. The molecule has 0 aliphatic carbocycles. The lowest BCUT2D eigenvalue weighted by Gasteiger charge is -2.46. The first-order valence-corrected chi connectivity index (χ1v) is 6.55. The fraction of sp³-hybridized carbons (Fsp3) is 0.571. The van der Waals surface area contributed by atoms with Gasteiger partial charge >= 0.3 is 0 Å². The van der Waals surface area contributed by atoms with Gasteiger partial charge in [-0.1, -0.05) is 12.1 Å². The maximum Gasteiger partial charge on any atom is 0.146 e. The van der Waals surface area contributed by atoms with Crippen molar-refractivity contribution in [3.8, 4) is 0 Å². The number of hydrogen-bond acceptors (Lipinski definition) is 3. The first kappa shape index (κ1) is 13.3. The predicted molar refractivity (Wildman–Crippen MR) is 73.3 cm³/mol. The molecule has 1 aliphatic heterocycles. The number of nitrogens with zero attached hydrogens (tertiary/aromatic N) is 2. The second-order valence-electron chi connectivity index (χ2n) is 5.16. The van der Waals surface area contributed by atoms with Crippen LogP contribution in [-0.2, 0) is 0 Å². The summed E-state index contributed by atoms with van der Waals surface area (Å²) in [6, 6.07) is 7.61. The molecule has 1 aromatic carbocycles. The first-order chi connectivity index (χ1) is 8.63. The smallest absolute Gasteiger partial charge is 0.146 e. The zero-order chi connectivity index (χ0) is 13.1. The Morgan fingerprint density at radius 2 is 2.06 bits per heavy atom. The zero-order valence-electron chi connectivity index (χ0n) is 11.1. The third kappa shape index (κ3) is 2.65. The number of nitrogens with two attached hydrogens (primary N) is 1. The molecule has 0 amide bonds. The summed E-state index contributed by atoms with van der Waals surface area (Å²) in [5.74, 6) is -0.143. The summed E-state index contributed by atoms with van der Waals surface area (Å²) in [5.41, 5.74) is 6.39. The van der Waals surface area contributed by atoms with Gasteiger partial charge in [-0.3, -0.25) is 0 Å². The van der Waals surface area contributed by atoms with Crippen LogP contribution in [0.25, 0.3) is 0 Å². The molecule has 100 valence electrons. The molecule has 2 atom stereocenters. The van der Waals surface area contributed by atoms with E-state index < -0.39 is 0 Å². The van der Waals surface area contributed by atoms with Crippen LogP contribution in [-0.4, -0.2) is 43.7 Å². The summed E-state index contributed by atoms with van der Waals surface area (Å²) < 4.78 is 14.0. The largest absolute Gasteiger partial charge is 0.361 e. The van der Waals surface area contributed by atoms with Crippen LogP contribution >= 0.6 is 0 Å². The Kier molecular flexibility index (Phi) is 4.19. The first-order valence-electron chi connectivity index (χ1n) is 6.55. The number of piperazine rings is 1. The van der Waals surface area contributed by atoms with Gasteiger partial charge in [0, 0.05) is 25.2 Å². The van der Waals surface area contributed by atoms with E-state index in [0.717, 1.165) is 19.5 Å². The molecular formula is C14H22FN3. The fourth-order valence-electron chi connectivity index (χ4n) is 2.94. The number of rotatable bonds is 3. The standard InChI is InChI=1S/C14H22FN3/c1-11-9-17(2)10-12(7-8-16)18(11)14-6-4-3-5-13(14)15/h3-6,11-12H,7-10,16H2,1-2H3. The van der Waals surface area contributed by atoms with Crippen molar-refractivity contribution in [2.45, 2.75) is 25.4 Å². The number of hydrogen-bond donors (Lipinski definition) is 1. The molecule has 1 heterocycles. The average molecular weight is 251 g/mol. The molecule has 0 spiro atoms. The third-order valence-electron chi connectivity index (χ3n) is 3.60. The van der Waals surface area contributed by atoms with Gasteiger partial charge in [-0.2, -0.15) is 0 Å². The van der Waals surface area contributed by atoms with Gasteiger partial charge in [-0.05, 0) is 39.1 Å². The highest BCUT2D eigenvalue weighted by atomic mass is 19.1. The van der Waals surface area contributed by atoms with Crippen molar-refractivity contribution in [3.63, 3.8) is 0 Å². The van der Waals surface area contributed by atoms with Gasteiger partial charge in [-0.15, -0.1) is 0 Å². The van der Waals surface area contributed by atoms with Gasteiger partial charge in [0.25, 0.3) is 0 Å². The van der Waals surface area contributed by atoms with Gasteiger partial charge in [0.15, 0.2) is 0 Å². The van der Waals surface area contributed by atoms with Crippen molar-refractivity contribution in [2.24, 2.45) is 5.73 Å². The van der Waals surface area contributed by atoms with Crippen LogP contribution in [0.15, 0.2) is 24.3 Å². The topological polar surface area (TPSA) is 32.5 Å². The van der Waals surface area contributed by atoms with E-state index in [9.17, 15) is 4.39 Å². The molecule has 1 aliphatic rings. The summed E-state index contributed by atoms with van der Waals surface area (Å²) in [7, 11) is 2.11. The quantitative estimate of drug-likeness (QED) is 0.887. The molecule has 18 heavy (non-hydrogen) atoms. The monoisotopic (exact) mass is 251 g/mol. The summed E-state index contributed by atoms with van der Waals surface area (Å²) in [6.45, 7) is 4.67. The van der Waals surface area contributed by atoms with Gasteiger partial charge in [0.1, 0.15) is 5.82 Å². The second kappa shape index (κ2) is 5.67. The van der Waals surface area contributed by atoms with Gasteiger partial charge in [-0.25, -0.2) is 4.39 Å². The molecule has 2 unspecified atom stereocenters. The Labute approximate surface area is 108 Å². The maximum atomic E-state index is 14.0. The van der Waals surface area contributed by atoms with Crippen LogP contribution in [0.3, 0.4) is 0 Å². The van der Waals surface area contributed by atoms with Crippen LogP contribution in [0.1, 0.15) is 13.3 Å². The van der Waals surface area contributed by atoms with E-state index in [4.69, 9.17) is 5.73 Å². The van der Waals surface area contributed by atoms with Crippen LogP contribution in [0.5, 0.6) is 0 Å². The minimum Gasteiger partial charge on any atom is -0.361 e. The molecule has 0 aromatic heterocycles. The van der Waals surface area contributed by atoms with Crippen LogP contribution in [0.2, 0.25) is 0 Å². The third-order valence-corrected chi connectivity index (χ3v) is 3.60.